The zero-order valence-electron chi connectivity index (χ0n) is 11.4. The van der Waals surface area contributed by atoms with Crippen molar-refractivity contribution in [1.82, 2.24) is 0 Å². The molecule has 0 aliphatic carbocycles. The Hall–Kier alpha value is -1.54. The number of fused-ring (bicyclic) bond motifs is 1. The molecule has 2 heteroatoms. The SMILES string of the molecule is COc1ccc2ccccc2c1CC(C)(C)CN. The molecule has 0 fully saturated rings. The van der Waals surface area contributed by atoms with Gasteiger partial charge in [-0.1, -0.05) is 44.2 Å². The third-order valence-corrected chi connectivity index (χ3v) is 3.43. The van der Waals surface area contributed by atoms with Crippen molar-refractivity contribution < 1.29 is 4.74 Å². The van der Waals surface area contributed by atoms with Gasteiger partial charge in [0, 0.05) is 5.56 Å². The predicted molar refractivity (Wildman–Crippen MR) is 77.0 cm³/mol. The molecule has 0 saturated heterocycles. The standard InChI is InChI=1S/C16H21NO/c1-16(2,11-17)10-14-13-7-5-4-6-12(13)8-9-15(14)18-3/h4-9H,10-11,17H2,1-3H3. The van der Waals surface area contributed by atoms with Crippen LogP contribution in [0.2, 0.25) is 0 Å². The van der Waals surface area contributed by atoms with Gasteiger partial charge < -0.3 is 10.5 Å². The monoisotopic (exact) mass is 243 g/mol. The van der Waals surface area contributed by atoms with Crippen molar-refractivity contribution in [3.05, 3.63) is 42.0 Å². The Labute approximate surface area is 109 Å². The number of nitrogens with two attached hydrogens (primary N) is 1. The van der Waals surface area contributed by atoms with E-state index in [0.29, 0.717) is 6.54 Å². The second-order valence-electron chi connectivity index (χ2n) is 5.51. The summed E-state index contributed by atoms with van der Waals surface area (Å²) in [7, 11) is 1.73. The lowest BCUT2D eigenvalue weighted by molar-refractivity contribution is 0.360. The summed E-state index contributed by atoms with van der Waals surface area (Å²) in [5.74, 6) is 0.954. The maximum atomic E-state index is 5.85. The van der Waals surface area contributed by atoms with Gasteiger partial charge in [0.05, 0.1) is 7.11 Å². The lowest BCUT2D eigenvalue weighted by Gasteiger charge is -2.24. The van der Waals surface area contributed by atoms with Crippen LogP contribution < -0.4 is 10.5 Å². The van der Waals surface area contributed by atoms with Crippen molar-refractivity contribution in [2.75, 3.05) is 13.7 Å². The van der Waals surface area contributed by atoms with E-state index in [1.807, 2.05) is 6.07 Å². The Bertz CT molecular complexity index is 546. The summed E-state index contributed by atoms with van der Waals surface area (Å²) in [6.07, 6.45) is 0.925. The zero-order valence-corrected chi connectivity index (χ0v) is 11.4. The Morgan fingerprint density at radius 1 is 1.11 bits per heavy atom. The fourth-order valence-electron chi connectivity index (χ4n) is 2.24. The molecule has 2 nitrogen and oxygen atoms in total. The Morgan fingerprint density at radius 3 is 2.50 bits per heavy atom. The summed E-state index contributed by atoms with van der Waals surface area (Å²) in [6.45, 7) is 5.04. The van der Waals surface area contributed by atoms with E-state index < -0.39 is 0 Å². The summed E-state index contributed by atoms with van der Waals surface area (Å²) in [5, 5.41) is 2.51. The Kier molecular flexibility index (Phi) is 3.58. The highest BCUT2D eigenvalue weighted by molar-refractivity contribution is 5.87. The topological polar surface area (TPSA) is 35.2 Å². The van der Waals surface area contributed by atoms with Gasteiger partial charge >= 0.3 is 0 Å². The van der Waals surface area contributed by atoms with Crippen LogP contribution in [-0.2, 0) is 6.42 Å². The largest absolute Gasteiger partial charge is 0.496 e. The van der Waals surface area contributed by atoms with Crippen molar-refractivity contribution in [2.45, 2.75) is 20.3 Å². The molecule has 0 heterocycles. The lowest BCUT2D eigenvalue weighted by Crippen LogP contribution is -2.26. The predicted octanol–water partition coefficient (Wildman–Crippen LogP) is 3.38. The molecule has 2 aromatic carbocycles. The highest BCUT2D eigenvalue weighted by Crippen LogP contribution is 2.33. The first kappa shape index (κ1) is 12.9. The number of ether oxygens (including phenoxy) is 1. The molecule has 0 aliphatic rings. The van der Waals surface area contributed by atoms with Gasteiger partial charge in [0.15, 0.2) is 0 Å². The van der Waals surface area contributed by atoms with Crippen molar-refractivity contribution >= 4 is 10.8 Å². The van der Waals surface area contributed by atoms with Gasteiger partial charge in [0.2, 0.25) is 0 Å². The zero-order chi connectivity index (χ0) is 13.2. The smallest absolute Gasteiger partial charge is 0.122 e. The van der Waals surface area contributed by atoms with Crippen molar-refractivity contribution in [1.29, 1.82) is 0 Å². The van der Waals surface area contributed by atoms with Gasteiger partial charge in [0.25, 0.3) is 0 Å². The number of hydrogen-bond acceptors (Lipinski definition) is 2. The molecule has 0 amide bonds. The summed E-state index contributed by atoms with van der Waals surface area (Å²) in [5.41, 5.74) is 7.19. The third kappa shape index (κ3) is 2.49. The molecule has 0 spiro atoms. The second kappa shape index (κ2) is 4.99. The molecule has 2 N–H and O–H groups in total. The average Bonchev–Trinajstić information content (AvgIpc) is 2.39. The van der Waals surface area contributed by atoms with Crippen molar-refractivity contribution in [3.63, 3.8) is 0 Å². The van der Waals surface area contributed by atoms with E-state index in [9.17, 15) is 0 Å². The van der Waals surface area contributed by atoms with E-state index in [1.54, 1.807) is 7.11 Å². The van der Waals surface area contributed by atoms with Gasteiger partial charge in [-0.05, 0) is 35.2 Å². The van der Waals surface area contributed by atoms with Crippen LogP contribution in [0.25, 0.3) is 10.8 Å². The van der Waals surface area contributed by atoms with Crippen LogP contribution in [0.5, 0.6) is 5.75 Å². The molecule has 18 heavy (non-hydrogen) atoms. The second-order valence-corrected chi connectivity index (χ2v) is 5.51. The van der Waals surface area contributed by atoms with Gasteiger partial charge in [-0.15, -0.1) is 0 Å². The molecule has 2 aromatic rings. The average molecular weight is 243 g/mol. The molecule has 0 aromatic heterocycles. The van der Waals surface area contributed by atoms with Crippen LogP contribution in [0.4, 0.5) is 0 Å². The molecule has 0 atom stereocenters. The van der Waals surface area contributed by atoms with Crippen LogP contribution >= 0.6 is 0 Å². The van der Waals surface area contributed by atoms with Crippen LogP contribution in [0.15, 0.2) is 36.4 Å². The molecular weight excluding hydrogens is 222 g/mol. The van der Waals surface area contributed by atoms with Gasteiger partial charge in [0.1, 0.15) is 5.75 Å². The Morgan fingerprint density at radius 2 is 1.83 bits per heavy atom. The molecule has 0 unspecified atom stereocenters. The fourth-order valence-corrected chi connectivity index (χ4v) is 2.24. The van der Waals surface area contributed by atoms with Crippen molar-refractivity contribution in [2.24, 2.45) is 11.1 Å². The molecule has 0 bridgehead atoms. The number of benzene rings is 2. The van der Waals surface area contributed by atoms with E-state index in [-0.39, 0.29) is 5.41 Å². The highest BCUT2D eigenvalue weighted by Gasteiger charge is 2.20. The third-order valence-electron chi connectivity index (χ3n) is 3.43. The van der Waals surface area contributed by atoms with Crippen LogP contribution in [0.1, 0.15) is 19.4 Å². The molecule has 96 valence electrons. The minimum atomic E-state index is 0.0808. The summed E-state index contributed by atoms with van der Waals surface area (Å²) >= 11 is 0. The number of methoxy groups -OCH3 is 1. The minimum absolute atomic E-state index is 0.0808. The quantitative estimate of drug-likeness (QED) is 0.893. The number of hydrogen-bond donors (Lipinski definition) is 1. The van der Waals surface area contributed by atoms with E-state index in [0.717, 1.165) is 12.2 Å². The highest BCUT2D eigenvalue weighted by atomic mass is 16.5. The maximum Gasteiger partial charge on any atom is 0.122 e. The first-order chi connectivity index (χ1) is 8.57. The van der Waals surface area contributed by atoms with Crippen LogP contribution in [0, 0.1) is 5.41 Å². The molecular formula is C16H21NO. The molecule has 0 saturated carbocycles. The van der Waals surface area contributed by atoms with Crippen LogP contribution in [0.3, 0.4) is 0 Å². The fraction of sp³-hybridized carbons (Fsp3) is 0.375. The van der Waals surface area contributed by atoms with E-state index >= 15 is 0 Å². The normalized spacial score (nSPS) is 11.8. The first-order valence-corrected chi connectivity index (χ1v) is 6.32. The lowest BCUT2D eigenvalue weighted by atomic mass is 9.84. The van der Waals surface area contributed by atoms with Gasteiger partial charge in [-0.2, -0.15) is 0 Å². The molecule has 0 aliphatic heterocycles. The number of rotatable bonds is 4. The van der Waals surface area contributed by atoms with E-state index in [2.05, 4.69) is 44.2 Å². The summed E-state index contributed by atoms with van der Waals surface area (Å²) < 4.78 is 5.50. The summed E-state index contributed by atoms with van der Waals surface area (Å²) in [4.78, 5) is 0. The summed E-state index contributed by atoms with van der Waals surface area (Å²) in [6, 6.07) is 12.6. The maximum absolute atomic E-state index is 5.85. The van der Waals surface area contributed by atoms with E-state index in [4.69, 9.17) is 10.5 Å². The van der Waals surface area contributed by atoms with Crippen LogP contribution in [-0.4, -0.2) is 13.7 Å². The molecule has 0 radical (unpaired) electrons. The Balaban J connectivity index is 2.58. The van der Waals surface area contributed by atoms with Gasteiger partial charge in [-0.25, -0.2) is 0 Å². The minimum Gasteiger partial charge on any atom is -0.496 e. The van der Waals surface area contributed by atoms with Crippen molar-refractivity contribution in [3.8, 4) is 5.75 Å². The van der Waals surface area contributed by atoms with E-state index in [1.165, 1.54) is 16.3 Å². The van der Waals surface area contributed by atoms with Gasteiger partial charge in [-0.3, -0.25) is 0 Å². The first-order valence-electron chi connectivity index (χ1n) is 6.32. The molecule has 2 rings (SSSR count).